The number of fused-ring (bicyclic) bond motifs is 1. The monoisotopic (exact) mass is 378 g/mol. The lowest BCUT2D eigenvalue weighted by molar-refractivity contribution is -0.137. The van der Waals surface area contributed by atoms with E-state index in [0.717, 1.165) is 11.6 Å². The van der Waals surface area contributed by atoms with Crippen LogP contribution in [0.5, 0.6) is 5.75 Å². The minimum absolute atomic E-state index is 0.0197. The Kier molecular flexibility index (Phi) is 5.37. The maximum atomic E-state index is 14.3. The van der Waals surface area contributed by atoms with Gasteiger partial charge in [-0.3, -0.25) is 0 Å². The molecule has 0 spiro atoms. The molecule has 0 heterocycles. The molecular weight excluding hydrogens is 360 g/mol. The van der Waals surface area contributed by atoms with Gasteiger partial charge in [-0.15, -0.1) is 0 Å². The summed E-state index contributed by atoms with van der Waals surface area (Å²) in [4.78, 5) is 0. The number of hydrogen-bond donors (Lipinski definition) is 1. The average molecular weight is 378 g/mol. The molecule has 0 saturated carbocycles. The van der Waals surface area contributed by atoms with Gasteiger partial charge in [0.05, 0.1) is 24.2 Å². The zero-order chi connectivity index (χ0) is 19.6. The Morgan fingerprint density at radius 3 is 2.41 bits per heavy atom. The number of benzene rings is 3. The van der Waals surface area contributed by atoms with Crippen LogP contribution in [0.4, 0.5) is 17.6 Å². The summed E-state index contributed by atoms with van der Waals surface area (Å²) in [5.74, 6) is -1.43. The van der Waals surface area contributed by atoms with Crippen LogP contribution in [0.1, 0.15) is 22.3 Å². The summed E-state index contributed by atoms with van der Waals surface area (Å²) in [6.07, 6.45) is -4.33. The van der Waals surface area contributed by atoms with Gasteiger partial charge >= 0.3 is 6.18 Å². The lowest BCUT2D eigenvalue weighted by atomic mass is 9.96. The van der Waals surface area contributed by atoms with Crippen LogP contribution in [0.2, 0.25) is 0 Å². The molecule has 0 fully saturated rings. The average Bonchev–Trinajstić information content (AvgIpc) is 2.60. The summed E-state index contributed by atoms with van der Waals surface area (Å²) in [5, 5.41) is 10.3. The Morgan fingerprint density at radius 2 is 1.74 bits per heavy atom. The first-order valence-corrected chi connectivity index (χ1v) is 8.41. The third-order valence-corrected chi connectivity index (χ3v) is 4.43. The van der Waals surface area contributed by atoms with Crippen LogP contribution in [0.15, 0.2) is 48.5 Å². The molecule has 0 aromatic heterocycles. The summed E-state index contributed by atoms with van der Waals surface area (Å²) >= 11 is 0. The van der Waals surface area contributed by atoms with E-state index >= 15 is 0 Å². The Morgan fingerprint density at radius 1 is 1.04 bits per heavy atom. The highest BCUT2D eigenvalue weighted by molar-refractivity contribution is 5.91. The van der Waals surface area contributed by atoms with Gasteiger partial charge in [0.15, 0.2) is 0 Å². The fourth-order valence-electron chi connectivity index (χ4n) is 3.07. The molecule has 0 aliphatic heterocycles. The predicted molar refractivity (Wildman–Crippen MR) is 95.1 cm³/mol. The van der Waals surface area contributed by atoms with E-state index in [-0.39, 0.29) is 23.1 Å². The fraction of sp³-hybridized carbons (Fsp3) is 0.238. The molecule has 0 radical (unpaired) electrons. The minimum atomic E-state index is -4.65. The van der Waals surface area contributed by atoms with Gasteiger partial charge in [-0.25, -0.2) is 4.39 Å². The number of ether oxygens (including phenoxy) is 1. The fourth-order valence-corrected chi connectivity index (χ4v) is 3.07. The zero-order valence-corrected chi connectivity index (χ0v) is 14.6. The molecule has 1 N–H and O–H groups in total. The van der Waals surface area contributed by atoms with Crippen LogP contribution in [-0.4, -0.2) is 11.7 Å². The molecule has 2 nitrogen and oxygen atoms in total. The van der Waals surface area contributed by atoms with Gasteiger partial charge in [0.25, 0.3) is 0 Å². The Hall–Kier alpha value is -2.60. The number of phenols is 1. The van der Waals surface area contributed by atoms with Crippen molar-refractivity contribution in [3.05, 3.63) is 76.6 Å². The Balaban J connectivity index is 1.83. The first-order valence-electron chi connectivity index (χ1n) is 8.41. The lowest BCUT2D eigenvalue weighted by Crippen LogP contribution is -2.06. The first-order chi connectivity index (χ1) is 12.8. The summed E-state index contributed by atoms with van der Waals surface area (Å²) in [6.45, 7) is 2.36. The van der Waals surface area contributed by atoms with Crippen LogP contribution in [0.25, 0.3) is 10.8 Å². The maximum absolute atomic E-state index is 14.3. The lowest BCUT2D eigenvalue weighted by Gasteiger charge is -2.15. The molecule has 3 aromatic carbocycles. The number of rotatable bonds is 5. The number of halogens is 4. The van der Waals surface area contributed by atoms with Crippen molar-refractivity contribution in [3.63, 3.8) is 0 Å². The quantitative estimate of drug-likeness (QED) is 0.451. The van der Waals surface area contributed by atoms with Crippen molar-refractivity contribution >= 4 is 10.8 Å². The van der Waals surface area contributed by atoms with Crippen LogP contribution in [-0.2, 0) is 23.9 Å². The summed E-state index contributed by atoms with van der Waals surface area (Å²) in [6, 6.07) is 12.3. The Bertz CT molecular complexity index is 950. The normalized spacial score (nSPS) is 11.9. The molecule has 3 aromatic rings. The van der Waals surface area contributed by atoms with E-state index in [1.165, 1.54) is 6.07 Å². The van der Waals surface area contributed by atoms with Crippen molar-refractivity contribution in [2.75, 3.05) is 6.61 Å². The molecule has 0 saturated heterocycles. The number of phenolic OH excluding ortho intramolecular Hbond substituents is 1. The van der Waals surface area contributed by atoms with Gasteiger partial charge in [-0.1, -0.05) is 36.4 Å². The second-order valence-corrected chi connectivity index (χ2v) is 6.36. The van der Waals surface area contributed by atoms with Crippen LogP contribution in [0.3, 0.4) is 0 Å². The van der Waals surface area contributed by atoms with Crippen molar-refractivity contribution in [2.24, 2.45) is 0 Å². The van der Waals surface area contributed by atoms with Gasteiger partial charge in [0.1, 0.15) is 11.6 Å². The molecule has 0 atom stereocenters. The smallest absolute Gasteiger partial charge is 0.416 e. The van der Waals surface area contributed by atoms with E-state index in [2.05, 4.69) is 0 Å². The second kappa shape index (κ2) is 7.56. The molecular formula is C21H18F4O2. The summed E-state index contributed by atoms with van der Waals surface area (Å²) < 4.78 is 58.5. The Labute approximate surface area is 154 Å². The van der Waals surface area contributed by atoms with Crippen LogP contribution >= 0.6 is 0 Å². The maximum Gasteiger partial charge on any atom is 0.416 e. The third-order valence-electron chi connectivity index (χ3n) is 4.43. The minimum Gasteiger partial charge on any atom is -0.507 e. The van der Waals surface area contributed by atoms with Crippen LogP contribution in [0, 0.1) is 12.7 Å². The molecule has 0 bridgehead atoms. The largest absolute Gasteiger partial charge is 0.507 e. The molecule has 27 heavy (non-hydrogen) atoms. The molecule has 0 unspecified atom stereocenters. The summed E-state index contributed by atoms with van der Waals surface area (Å²) in [5.41, 5.74) is 0.976. The predicted octanol–water partition coefficient (Wildman–Crippen LogP) is 5.77. The molecule has 3 rings (SSSR count). The van der Waals surface area contributed by atoms with E-state index in [1.54, 1.807) is 6.92 Å². The third kappa shape index (κ3) is 4.22. The van der Waals surface area contributed by atoms with Crippen LogP contribution < -0.4 is 0 Å². The molecule has 6 heteroatoms. The van der Waals surface area contributed by atoms with Gasteiger partial charge in [-0.2, -0.15) is 13.2 Å². The number of aryl methyl sites for hydroxylation is 1. The van der Waals surface area contributed by atoms with Crippen molar-refractivity contribution in [1.29, 1.82) is 0 Å². The molecule has 0 amide bonds. The van der Waals surface area contributed by atoms with Crippen molar-refractivity contribution in [3.8, 4) is 5.75 Å². The molecule has 0 aliphatic carbocycles. The number of aromatic hydroxyl groups is 1. The van der Waals surface area contributed by atoms with E-state index in [0.29, 0.717) is 30.2 Å². The van der Waals surface area contributed by atoms with Gasteiger partial charge in [0, 0.05) is 0 Å². The highest BCUT2D eigenvalue weighted by Gasteiger charge is 2.32. The van der Waals surface area contributed by atoms with Gasteiger partial charge in [-0.05, 0) is 47.6 Å². The number of hydrogen-bond acceptors (Lipinski definition) is 2. The van der Waals surface area contributed by atoms with Crippen molar-refractivity contribution < 1.29 is 27.4 Å². The second-order valence-electron chi connectivity index (χ2n) is 6.36. The van der Waals surface area contributed by atoms with Gasteiger partial charge < -0.3 is 9.84 Å². The topological polar surface area (TPSA) is 29.5 Å². The first kappa shape index (κ1) is 19.2. The number of alkyl halides is 3. The highest BCUT2D eigenvalue weighted by Crippen LogP contribution is 2.38. The van der Waals surface area contributed by atoms with Crippen molar-refractivity contribution in [2.45, 2.75) is 26.1 Å². The van der Waals surface area contributed by atoms with Gasteiger partial charge in [0.2, 0.25) is 0 Å². The molecule has 0 aliphatic rings. The zero-order valence-electron chi connectivity index (χ0n) is 14.6. The summed E-state index contributed by atoms with van der Waals surface area (Å²) in [7, 11) is 0. The van der Waals surface area contributed by atoms with E-state index in [1.807, 2.05) is 30.3 Å². The van der Waals surface area contributed by atoms with E-state index in [9.17, 15) is 22.7 Å². The van der Waals surface area contributed by atoms with E-state index in [4.69, 9.17) is 4.74 Å². The molecule has 142 valence electrons. The highest BCUT2D eigenvalue weighted by atomic mass is 19.4. The SMILES string of the molecule is Cc1cc2cc(C(F)(F)F)cc(F)c2c(O)c1CCOCc1ccccc1. The van der Waals surface area contributed by atoms with Crippen molar-refractivity contribution in [1.82, 2.24) is 0 Å². The standard InChI is InChI=1S/C21H18F4O2/c1-13-9-15-10-16(21(23,24)25)11-18(22)19(15)20(26)17(13)7-8-27-12-14-5-3-2-4-6-14/h2-6,9-11,26H,7-8,12H2,1H3. The van der Waals surface area contributed by atoms with E-state index < -0.39 is 17.6 Å².